The molecule has 6 atom stereocenters. The third kappa shape index (κ3) is 4.90. The van der Waals surface area contributed by atoms with Crippen LogP contribution in [0.3, 0.4) is 0 Å². The number of benzene rings is 1. The van der Waals surface area contributed by atoms with E-state index in [-0.39, 0.29) is 36.8 Å². The van der Waals surface area contributed by atoms with Gasteiger partial charge in [-0.15, -0.1) is 13.2 Å². The zero-order chi connectivity index (χ0) is 29.1. The number of nitrogens with zero attached hydrogens (tertiary/aromatic N) is 3. The second kappa shape index (κ2) is 12.3. The van der Waals surface area contributed by atoms with E-state index in [1.54, 1.807) is 26.9 Å². The van der Waals surface area contributed by atoms with E-state index in [0.717, 1.165) is 24.9 Å². The normalized spacial score (nSPS) is 30.3. The number of carbonyl (C=O) groups excluding carboxylic acids is 3. The lowest BCUT2D eigenvalue weighted by atomic mass is 9.62. The fourth-order valence-corrected chi connectivity index (χ4v) is 7.28. The number of aliphatic hydroxyl groups excluding tert-OH is 1. The molecule has 2 bridgehead atoms. The fraction of sp³-hybridized carbons (Fsp3) is 0.594. The van der Waals surface area contributed by atoms with E-state index in [2.05, 4.69) is 27.0 Å². The van der Waals surface area contributed by atoms with Crippen LogP contribution in [0.15, 0.2) is 55.6 Å². The van der Waals surface area contributed by atoms with Crippen LogP contribution in [-0.2, 0) is 19.1 Å². The van der Waals surface area contributed by atoms with Gasteiger partial charge in [0.15, 0.2) is 0 Å². The highest BCUT2D eigenvalue weighted by molar-refractivity contribution is 6.03. The topological polar surface area (TPSA) is 90.4 Å². The standard InChI is InChI=1S/C32H45N3O5/c1-6-9-13-19-33(17-7-2)30(39)27-32-22-23(4)31(5,40-32)25(26(32)29(38)35(27)20-14-21-36)28(37)34(18-8-3)24-15-11-10-12-16-24/h7-8,10-12,15-16,23,25-27,36H,2-3,6,9,13-14,17-22H2,1,4-5H3/t23?,25-,26-,27?,31+,32?/m0/s1. The number of fused-ring (bicyclic) bond motifs is 1. The quantitative estimate of drug-likeness (QED) is 0.281. The van der Waals surface area contributed by atoms with Crippen molar-refractivity contribution in [1.82, 2.24) is 9.80 Å². The molecular formula is C32H45N3O5. The molecule has 8 heteroatoms. The van der Waals surface area contributed by atoms with E-state index >= 15 is 0 Å². The van der Waals surface area contributed by atoms with Crippen molar-refractivity contribution < 1.29 is 24.2 Å². The van der Waals surface area contributed by atoms with Crippen LogP contribution < -0.4 is 4.90 Å². The molecule has 1 N–H and O–H groups in total. The highest BCUT2D eigenvalue weighted by Gasteiger charge is 2.80. The van der Waals surface area contributed by atoms with Gasteiger partial charge in [-0.05, 0) is 44.2 Å². The largest absolute Gasteiger partial charge is 0.396 e. The molecule has 40 heavy (non-hydrogen) atoms. The summed E-state index contributed by atoms with van der Waals surface area (Å²) in [6, 6.07) is 8.53. The number of aliphatic hydroxyl groups is 1. The highest BCUT2D eigenvalue weighted by Crippen LogP contribution is 2.65. The maximum absolute atomic E-state index is 14.4. The zero-order valence-electron chi connectivity index (χ0n) is 24.3. The Labute approximate surface area is 238 Å². The molecule has 3 aliphatic rings. The molecule has 0 radical (unpaired) electrons. The number of ether oxygens (including phenoxy) is 1. The average molecular weight is 552 g/mol. The number of hydrogen-bond acceptors (Lipinski definition) is 5. The lowest BCUT2D eigenvalue weighted by Gasteiger charge is -2.39. The van der Waals surface area contributed by atoms with Crippen LogP contribution >= 0.6 is 0 Å². The van der Waals surface area contributed by atoms with Gasteiger partial charge in [0, 0.05) is 38.5 Å². The van der Waals surface area contributed by atoms with Gasteiger partial charge in [0.2, 0.25) is 17.7 Å². The fourth-order valence-electron chi connectivity index (χ4n) is 7.28. The summed E-state index contributed by atoms with van der Waals surface area (Å²) in [7, 11) is 0. The van der Waals surface area contributed by atoms with Gasteiger partial charge in [-0.2, -0.15) is 0 Å². The van der Waals surface area contributed by atoms with Gasteiger partial charge in [0.1, 0.15) is 11.6 Å². The maximum atomic E-state index is 14.4. The molecule has 8 nitrogen and oxygen atoms in total. The minimum atomic E-state index is -1.11. The summed E-state index contributed by atoms with van der Waals surface area (Å²) >= 11 is 0. The molecule has 218 valence electrons. The van der Waals surface area contributed by atoms with Crippen molar-refractivity contribution in [1.29, 1.82) is 0 Å². The summed E-state index contributed by atoms with van der Waals surface area (Å²) in [5, 5.41) is 9.64. The molecular weight excluding hydrogens is 506 g/mol. The average Bonchev–Trinajstić information content (AvgIpc) is 3.46. The lowest BCUT2D eigenvalue weighted by Crippen LogP contribution is -2.57. The van der Waals surface area contributed by atoms with Crippen LogP contribution in [0.4, 0.5) is 5.69 Å². The minimum absolute atomic E-state index is 0.0482. The van der Waals surface area contributed by atoms with Crippen LogP contribution in [0.25, 0.3) is 0 Å². The number of hydrogen-bond donors (Lipinski definition) is 1. The Morgan fingerprint density at radius 3 is 2.45 bits per heavy atom. The van der Waals surface area contributed by atoms with Crippen molar-refractivity contribution in [3.05, 3.63) is 55.6 Å². The SMILES string of the molecule is C=CCN(CCCCC)C(=O)C1N(CCCO)C(=O)[C@@H]2[C@@H](C(=O)N(CC=C)c3ccccc3)[C@]3(C)OC12CC3C. The van der Waals surface area contributed by atoms with E-state index in [1.165, 1.54) is 0 Å². The highest BCUT2D eigenvalue weighted by atomic mass is 16.5. The molecule has 1 aromatic rings. The minimum Gasteiger partial charge on any atom is -0.396 e. The molecule has 3 saturated heterocycles. The first-order chi connectivity index (χ1) is 19.2. The monoisotopic (exact) mass is 551 g/mol. The first-order valence-electron chi connectivity index (χ1n) is 14.7. The van der Waals surface area contributed by atoms with Crippen molar-refractivity contribution in [3.8, 4) is 0 Å². The molecule has 0 aromatic heterocycles. The summed E-state index contributed by atoms with van der Waals surface area (Å²) < 4.78 is 6.88. The van der Waals surface area contributed by atoms with Crippen molar-refractivity contribution in [2.45, 2.75) is 70.1 Å². The van der Waals surface area contributed by atoms with Crippen LogP contribution in [-0.4, -0.2) is 82.7 Å². The van der Waals surface area contributed by atoms with E-state index < -0.39 is 29.1 Å². The molecule has 3 heterocycles. The van der Waals surface area contributed by atoms with Crippen molar-refractivity contribution in [3.63, 3.8) is 0 Å². The summed E-state index contributed by atoms with van der Waals surface area (Å²) in [5.41, 5.74) is -1.29. The number of rotatable bonds is 14. The van der Waals surface area contributed by atoms with E-state index in [0.29, 0.717) is 32.5 Å². The summed E-state index contributed by atoms with van der Waals surface area (Å²) in [6.07, 6.45) is 7.12. The molecule has 0 aliphatic carbocycles. The first-order valence-corrected chi connectivity index (χ1v) is 14.7. The smallest absolute Gasteiger partial charge is 0.248 e. The van der Waals surface area contributed by atoms with Gasteiger partial charge in [0.05, 0.1) is 17.4 Å². The van der Waals surface area contributed by atoms with Gasteiger partial charge in [-0.1, -0.05) is 57.0 Å². The summed E-state index contributed by atoms with van der Waals surface area (Å²) in [6.45, 7) is 15.2. The van der Waals surface area contributed by atoms with Crippen LogP contribution in [0.2, 0.25) is 0 Å². The van der Waals surface area contributed by atoms with Crippen molar-refractivity contribution in [2.75, 3.05) is 37.7 Å². The Morgan fingerprint density at radius 1 is 1.12 bits per heavy atom. The number of unbranched alkanes of at least 4 members (excludes halogenated alkanes) is 2. The van der Waals surface area contributed by atoms with Gasteiger partial charge in [0.25, 0.3) is 0 Å². The van der Waals surface area contributed by atoms with Crippen LogP contribution in [0.5, 0.6) is 0 Å². The number of likely N-dealkylation sites (tertiary alicyclic amines) is 1. The molecule has 3 unspecified atom stereocenters. The van der Waals surface area contributed by atoms with Gasteiger partial charge in [-0.25, -0.2) is 0 Å². The Morgan fingerprint density at radius 2 is 1.82 bits per heavy atom. The third-order valence-corrected chi connectivity index (χ3v) is 9.21. The molecule has 1 spiro atoms. The molecule has 1 aromatic carbocycles. The Hall–Kier alpha value is -2.97. The summed E-state index contributed by atoms with van der Waals surface area (Å²) in [4.78, 5) is 48.1. The van der Waals surface area contributed by atoms with Crippen molar-refractivity contribution >= 4 is 23.4 Å². The molecule has 3 fully saturated rings. The molecule has 4 rings (SSSR count). The Balaban J connectivity index is 1.78. The second-order valence-electron chi connectivity index (χ2n) is 11.7. The molecule has 0 saturated carbocycles. The van der Waals surface area contributed by atoms with Gasteiger partial charge < -0.3 is 24.5 Å². The first kappa shape index (κ1) is 30.0. The van der Waals surface area contributed by atoms with Crippen LogP contribution in [0, 0.1) is 17.8 Å². The van der Waals surface area contributed by atoms with Gasteiger partial charge >= 0.3 is 0 Å². The van der Waals surface area contributed by atoms with Gasteiger partial charge in [-0.3, -0.25) is 14.4 Å². The Kier molecular flexibility index (Phi) is 9.20. The number of amides is 3. The third-order valence-electron chi connectivity index (χ3n) is 9.21. The predicted octanol–water partition coefficient (Wildman–Crippen LogP) is 3.80. The number of para-hydroxylation sites is 1. The van der Waals surface area contributed by atoms with Crippen LogP contribution in [0.1, 0.15) is 52.9 Å². The second-order valence-corrected chi connectivity index (χ2v) is 11.7. The maximum Gasteiger partial charge on any atom is 0.248 e. The zero-order valence-corrected chi connectivity index (χ0v) is 24.3. The molecule has 3 amide bonds. The lowest BCUT2D eigenvalue weighted by molar-refractivity contribution is -0.152. The predicted molar refractivity (Wildman–Crippen MR) is 155 cm³/mol. The van der Waals surface area contributed by atoms with E-state index in [4.69, 9.17) is 4.74 Å². The van der Waals surface area contributed by atoms with Crippen molar-refractivity contribution in [2.24, 2.45) is 17.8 Å². The van der Waals surface area contributed by atoms with E-state index in [9.17, 15) is 19.5 Å². The summed E-state index contributed by atoms with van der Waals surface area (Å²) in [5.74, 6) is -2.19. The molecule has 3 aliphatic heterocycles. The number of carbonyl (C=O) groups is 3. The number of anilines is 1. The Bertz CT molecular complexity index is 1110. The van der Waals surface area contributed by atoms with E-state index in [1.807, 2.05) is 37.3 Å².